The van der Waals surface area contributed by atoms with E-state index in [1.807, 2.05) is 6.08 Å². The Bertz CT molecular complexity index is 1010. The second-order valence-corrected chi connectivity index (χ2v) is 12.7. The van der Waals surface area contributed by atoms with Crippen LogP contribution in [0.15, 0.2) is 23.3 Å². The van der Waals surface area contributed by atoms with E-state index < -0.39 is 48.2 Å². The van der Waals surface area contributed by atoms with Gasteiger partial charge in [0.1, 0.15) is 18.3 Å². The number of halogens is 1. The lowest BCUT2D eigenvalue weighted by atomic mass is 9.46. The van der Waals surface area contributed by atoms with Gasteiger partial charge in [-0.05, 0) is 62.2 Å². The molecule has 8 nitrogen and oxygen atoms in total. The third-order valence-corrected chi connectivity index (χ3v) is 10.9. The van der Waals surface area contributed by atoms with Gasteiger partial charge in [0.25, 0.3) is 0 Å². The fourth-order valence-corrected chi connectivity index (χ4v) is 9.13. The van der Waals surface area contributed by atoms with Crippen molar-refractivity contribution in [2.24, 2.45) is 34.5 Å². The Balaban J connectivity index is 1.41. The van der Waals surface area contributed by atoms with Crippen LogP contribution in [0.1, 0.15) is 59.8 Å². The highest BCUT2D eigenvalue weighted by Crippen LogP contribution is 2.68. The number of carbonyl (C=O) groups excluding carboxylic acids is 2. The highest BCUT2D eigenvalue weighted by Gasteiger charge is 2.68. The topological polar surface area (TPSA) is 123 Å². The normalized spacial score (nSPS) is 50.6. The van der Waals surface area contributed by atoms with E-state index in [-0.39, 0.29) is 41.0 Å². The van der Waals surface area contributed by atoms with Crippen LogP contribution in [0.4, 0.5) is 0 Å². The van der Waals surface area contributed by atoms with Gasteiger partial charge in [-0.2, -0.15) is 0 Å². The van der Waals surface area contributed by atoms with Crippen molar-refractivity contribution in [2.45, 2.75) is 96.1 Å². The first-order valence-electron chi connectivity index (χ1n) is 13.4. The van der Waals surface area contributed by atoms with Crippen LogP contribution >= 0.6 is 11.6 Å². The van der Waals surface area contributed by atoms with Gasteiger partial charge in [0, 0.05) is 23.3 Å². The van der Waals surface area contributed by atoms with Gasteiger partial charge in [-0.15, -0.1) is 0 Å². The predicted molar refractivity (Wildman–Crippen MR) is 134 cm³/mol. The van der Waals surface area contributed by atoms with E-state index in [0.717, 1.165) is 24.3 Å². The standard InChI is InChI=1S/C28H39ClO8/c1-14(31)28(37-15(2)32)10-8-19-17-11-21(29)20-6-5-16(35-25-24(34)23(33)22(13-30)36-25)12-26(20,3)18(17)7-9-27(19,28)4/h5-6,11,16-20,22-25,30,33-34H,7-10,12-13H2,1-4H3. The average molecular weight is 539 g/mol. The molecule has 1 saturated heterocycles. The third-order valence-electron chi connectivity index (χ3n) is 10.5. The van der Waals surface area contributed by atoms with E-state index in [4.69, 9.17) is 25.8 Å². The first-order chi connectivity index (χ1) is 17.4. The van der Waals surface area contributed by atoms with Crippen LogP contribution in [-0.4, -0.2) is 70.0 Å². The molecule has 0 amide bonds. The van der Waals surface area contributed by atoms with E-state index in [9.17, 15) is 24.9 Å². The number of ketones is 1. The zero-order valence-electron chi connectivity index (χ0n) is 21.9. The number of hydrogen-bond acceptors (Lipinski definition) is 8. The van der Waals surface area contributed by atoms with Crippen molar-refractivity contribution in [3.05, 3.63) is 23.3 Å². The Hall–Kier alpha value is -1.29. The summed E-state index contributed by atoms with van der Waals surface area (Å²) in [5.74, 6) is 0.0631. The number of aliphatic hydroxyl groups excluding tert-OH is 3. The number of ether oxygens (including phenoxy) is 3. The number of Topliss-reactive ketones (excluding diaryl/α,β-unsaturated/α-hetero) is 1. The van der Waals surface area contributed by atoms with E-state index in [1.165, 1.54) is 13.8 Å². The van der Waals surface area contributed by atoms with Gasteiger partial charge in [-0.3, -0.25) is 9.59 Å². The molecule has 3 N–H and O–H groups in total. The summed E-state index contributed by atoms with van der Waals surface area (Å²) in [6.07, 6.45) is 5.06. The lowest BCUT2D eigenvalue weighted by molar-refractivity contribution is -0.198. The number of aliphatic hydroxyl groups is 3. The minimum Gasteiger partial charge on any atom is -0.451 e. The monoisotopic (exact) mass is 538 g/mol. The van der Waals surface area contributed by atoms with Gasteiger partial charge in [0.2, 0.25) is 0 Å². The summed E-state index contributed by atoms with van der Waals surface area (Å²) in [6.45, 7) is 6.85. The minimum absolute atomic E-state index is 0.0252. The quantitative estimate of drug-likeness (QED) is 0.361. The van der Waals surface area contributed by atoms with Crippen molar-refractivity contribution in [2.75, 3.05) is 6.61 Å². The van der Waals surface area contributed by atoms with Crippen molar-refractivity contribution in [3.63, 3.8) is 0 Å². The molecule has 0 aromatic carbocycles. The van der Waals surface area contributed by atoms with Gasteiger partial charge in [-0.1, -0.05) is 43.7 Å². The van der Waals surface area contributed by atoms with Crippen molar-refractivity contribution in [1.82, 2.24) is 0 Å². The summed E-state index contributed by atoms with van der Waals surface area (Å²) in [4.78, 5) is 25.0. The van der Waals surface area contributed by atoms with Crippen LogP contribution in [0.25, 0.3) is 0 Å². The Kier molecular flexibility index (Phi) is 6.95. The van der Waals surface area contributed by atoms with Crippen molar-refractivity contribution < 1.29 is 39.1 Å². The predicted octanol–water partition coefficient (Wildman–Crippen LogP) is 2.86. The lowest BCUT2D eigenvalue weighted by Crippen LogP contribution is -2.59. The van der Waals surface area contributed by atoms with Gasteiger partial charge in [0.05, 0.1) is 12.7 Å². The molecule has 0 spiro atoms. The smallest absolute Gasteiger partial charge is 0.303 e. The Labute approximate surface area is 223 Å². The third kappa shape index (κ3) is 3.97. The molecule has 12 atom stereocenters. The maximum Gasteiger partial charge on any atom is 0.303 e. The summed E-state index contributed by atoms with van der Waals surface area (Å²) in [6, 6.07) is 0. The zero-order valence-corrected chi connectivity index (χ0v) is 22.7. The maximum atomic E-state index is 13.0. The molecule has 5 aliphatic rings. The number of hydrogen-bond donors (Lipinski definition) is 3. The van der Waals surface area contributed by atoms with E-state index in [0.29, 0.717) is 12.8 Å². The highest BCUT2D eigenvalue weighted by atomic mass is 35.5. The second-order valence-electron chi connectivity index (χ2n) is 12.3. The van der Waals surface area contributed by atoms with Gasteiger partial charge in [0.15, 0.2) is 17.7 Å². The molecule has 206 valence electrons. The summed E-state index contributed by atoms with van der Waals surface area (Å²) >= 11 is 6.94. The zero-order chi connectivity index (χ0) is 26.9. The van der Waals surface area contributed by atoms with Gasteiger partial charge in [-0.25, -0.2) is 0 Å². The molecule has 2 saturated carbocycles. The van der Waals surface area contributed by atoms with Gasteiger partial charge >= 0.3 is 5.97 Å². The average Bonchev–Trinajstić information content (AvgIpc) is 3.27. The number of esters is 1. The second kappa shape index (κ2) is 9.42. The van der Waals surface area contributed by atoms with Crippen LogP contribution in [0, 0.1) is 34.5 Å². The molecule has 4 aliphatic carbocycles. The molecular weight excluding hydrogens is 500 g/mol. The Morgan fingerprint density at radius 2 is 1.81 bits per heavy atom. The van der Waals surface area contributed by atoms with Crippen LogP contribution in [-0.2, 0) is 23.8 Å². The Morgan fingerprint density at radius 1 is 1.11 bits per heavy atom. The number of allylic oxidation sites excluding steroid dienone is 3. The van der Waals surface area contributed by atoms with E-state index >= 15 is 0 Å². The lowest BCUT2D eigenvalue weighted by Gasteiger charge is -2.59. The summed E-state index contributed by atoms with van der Waals surface area (Å²) in [7, 11) is 0. The molecule has 0 aromatic heterocycles. The summed E-state index contributed by atoms with van der Waals surface area (Å²) in [5, 5.41) is 30.7. The van der Waals surface area contributed by atoms with Crippen LogP contribution in [0.3, 0.4) is 0 Å². The van der Waals surface area contributed by atoms with Crippen molar-refractivity contribution >= 4 is 23.4 Å². The molecule has 1 heterocycles. The number of rotatable bonds is 5. The molecule has 3 fully saturated rings. The fraction of sp³-hybridized carbons (Fsp3) is 0.786. The first kappa shape index (κ1) is 27.3. The van der Waals surface area contributed by atoms with Gasteiger partial charge < -0.3 is 29.5 Å². The molecule has 0 bridgehead atoms. The molecule has 1 aliphatic heterocycles. The largest absolute Gasteiger partial charge is 0.451 e. The molecule has 0 radical (unpaired) electrons. The summed E-state index contributed by atoms with van der Waals surface area (Å²) in [5.41, 5.74) is -1.82. The molecule has 37 heavy (non-hydrogen) atoms. The number of carbonyl (C=O) groups is 2. The van der Waals surface area contributed by atoms with E-state index in [2.05, 4.69) is 26.0 Å². The first-order valence-corrected chi connectivity index (χ1v) is 13.8. The van der Waals surface area contributed by atoms with Crippen LogP contribution in [0.2, 0.25) is 0 Å². The van der Waals surface area contributed by atoms with E-state index in [1.54, 1.807) is 0 Å². The van der Waals surface area contributed by atoms with Crippen LogP contribution in [0.5, 0.6) is 0 Å². The molecular formula is C28H39ClO8. The van der Waals surface area contributed by atoms with Crippen molar-refractivity contribution in [3.8, 4) is 0 Å². The minimum atomic E-state index is -1.24. The Morgan fingerprint density at radius 3 is 2.43 bits per heavy atom. The van der Waals surface area contributed by atoms with Crippen molar-refractivity contribution in [1.29, 1.82) is 0 Å². The molecule has 9 heteroatoms. The SMILES string of the molecule is CC(=O)OC1(C(C)=O)CCC2C3C=C(Cl)C4C=CC(OC5OC(CO)C(O)C5O)CC4(C)C3CCC21C. The van der Waals surface area contributed by atoms with Crippen LogP contribution < -0.4 is 0 Å². The highest BCUT2D eigenvalue weighted by molar-refractivity contribution is 6.30. The maximum absolute atomic E-state index is 13.0. The summed E-state index contributed by atoms with van der Waals surface area (Å²) < 4.78 is 17.5. The fourth-order valence-electron chi connectivity index (χ4n) is 8.66. The molecule has 0 aromatic rings. The number of fused-ring (bicyclic) bond motifs is 5. The molecule has 12 unspecified atom stereocenters. The molecule has 5 rings (SSSR count).